The lowest BCUT2D eigenvalue weighted by atomic mass is 10.1. The van der Waals surface area contributed by atoms with Gasteiger partial charge >= 0.3 is 0 Å². The van der Waals surface area contributed by atoms with Gasteiger partial charge in [0.25, 0.3) is 0 Å². The Morgan fingerprint density at radius 1 is 1.11 bits per heavy atom. The lowest BCUT2D eigenvalue weighted by Crippen LogP contribution is -2.17. The molecule has 3 nitrogen and oxygen atoms in total. The number of hydrogen-bond donors (Lipinski definition) is 1. The molecule has 1 aromatic heterocycles. The van der Waals surface area contributed by atoms with Gasteiger partial charge < -0.3 is 10.2 Å². The summed E-state index contributed by atoms with van der Waals surface area (Å²) >= 11 is 0. The van der Waals surface area contributed by atoms with Crippen LogP contribution in [0, 0.1) is 0 Å². The van der Waals surface area contributed by atoms with Crippen molar-refractivity contribution in [2.45, 2.75) is 19.5 Å². The van der Waals surface area contributed by atoms with E-state index in [1.54, 1.807) is 0 Å². The molecule has 0 aliphatic heterocycles. The summed E-state index contributed by atoms with van der Waals surface area (Å²) < 4.78 is 0. The summed E-state index contributed by atoms with van der Waals surface area (Å²) in [7, 11) is 4.09. The van der Waals surface area contributed by atoms with Crippen molar-refractivity contribution >= 4 is 5.69 Å². The first-order valence-corrected chi connectivity index (χ1v) is 6.58. The van der Waals surface area contributed by atoms with Crippen molar-refractivity contribution in [2.75, 3.05) is 19.0 Å². The van der Waals surface area contributed by atoms with Crippen LogP contribution in [0.2, 0.25) is 0 Å². The molecule has 1 aromatic carbocycles. The van der Waals surface area contributed by atoms with Crippen molar-refractivity contribution in [3.8, 4) is 0 Å². The van der Waals surface area contributed by atoms with Crippen LogP contribution in [0.25, 0.3) is 0 Å². The quantitative estimate of drug-likeness (QED) is 0.890. The van der Waals surface area contributed by atoms with Crippen molar-refractivity contribution in [3.05, 3.63) is 59.9 Å². The second-order valence-electron chi connectivity index (χ2n) is 4.81. The van der Waals surface area contributed by atoms with E-state index in [0.717, 1.165) is 6.54 Å². The molecule has 100 valence electrons. The van der Waals surface area contributed by atoms with Crippen molar-refractivity contribution in [1.29, 1.82) is 0 Å². The van der Waals surface area contributed by atoms with Gasteiger partial charge in [0.1, 0.15) is 0 Å². The lowest BCUT2D eigenvalue weighted by molar-refractivity contribution is 0.652. The Morgan fingerprint density at radius 3 is 2.32 bits per heavy atom. The van der Waals surface area contributed by atoms with Gasteiger partial charge in [-0.15, -0.1) is 0 Å². The van der Waals surface area contributed by atoms with Crippen LogP contribution in [-0.4, -0.2) is 19.1 Å². The largest absolute Gasteiger partial charge is 0.370 e. The molecule has 2 aromatic rings. The third-order valence-electron chi connectivity index (χ3n) is 3.44. The molecule has 0 saturated carbocycles. The van der Waals surface area contributed by atoms with Gasteiger partial charge in [0, 0.05) is 37.7 Å². The standard InChI is InChI=1S/C16H21N3/c1-13(17-2)15-4-6-16(7-5-15)19(3)12-14-8-10-18-11-9-14/h4-11,13,17H,12H2,1-3H3. The van der Waals surface area contributed by atoms with Gasteiger partial charge in [-0.05, 0) is 49.4 Å². The normalized spacial score (nSPS) is 12.2. The molecular weight excluding hydrogens is 234 g/mol. The summed E-state index contributed by atoms with van der Waals surface area (Å²) in [6, 6.07) is 13.2. The number of aromatic nitrogens is 1. The summed E-state index contributed by atoms with van der Waals surface area (Å²) in [6.07, 6.45) is 3.67. The number of rotatable bonds is 5. The molecule has 1 N–H and O–H groups in total. The third kappa shape index (κ3) is 3.55. The van der Waals surface area contributed by atoms with E-state index >= 15 is 0 Å². The van der Waals surface area contributed by atoms with Crippen LogP contribution >= 0.6 is 0 Å². The van der Waals surface area contributed by atoms with Gasteiger partial charge in [0.05, 0.1) is 0 Å². The molecule has 0 fully saturated rings. The van der Waals surface area contributed by atoms with Gasteiger partial charge in [-0.25, -0.2) is 0 Å². The highest BCUT2D eigenvalue weighted by atomic mass is 15.1. The molecule has 0 radical (unpaired) electrons. The number of anilines is 1. The average molecular weight is 255 g/mol. The van der Waals surface area contributed by atoms with E-state index in [1.165, 1.54) is 16.8 Å². The summed E-state index contributed by atoms with van der Waals surface area (Å²) in [5.41, 5.74) is 3.80. The molecule has 0 aliphatic carbocycles. The van der Waals surface area contributed by atoms with E-state index < -0.39 is 0 Å². The van der Waals surface area contributed by atoms with Gasteiger partial charge in [0.2, 0.25) is 0 Å². The predicted octanol–water partition coefficient (Wildman–Crippen LogP) is 3.00. The summed E-state index contributed by atoms with van der Waals surface area (Å²) in [5, 5.41) is 3.25. The zero-order valence-electron chi connectivity index (χ0n) is 11.8. The monoisotopic (exact) mass is 255 g/mol. The molecule has 2 rings (SSSR count). The fourth-order valence-electron chi connectivity index (χ4n) is 2.04. The maximum atomic E-state index is 4.04. The van der Waals surface area contributed by atoms with Crippen LogP contribution in [0.1, 0.15) is 24.1 Å². The Bertz CT molecular complexity index is 493. The lowest BCUT2D eigenvalue weighted by Gasteiger charge is -2.20. The molecule has 3 heteroatoms. The van der Waals surface area contributed by atoms with Gasteiger partial charge in [-0.1, -0.05) is 12.1 Å². The second-order valence-corrected chi connectivity index (χ2v) is 4.81. The zero-order chi connectivity index (χ0) is 13.7. The van der Waals surface area contributed by atoms with Gasteiger partial charge in [-0.2, -0.15) is 0 Å². The van der Waals surface area contributed by atoms with Gasteiger partial charge in [-0.3, -0.25) is 4.98 Å². The minimum absolute atomic E-state index is 0.388. The van der Waals surface area contributed by atoms with Crippen molar-refractivity contribution in [3.63, 3.8) is 0 Å². The van der Waals surface area contributed by atoms with E-state index in [1.807, 2.05) is 31.6 Å². The van der Waals surface area contributed by atoms with Crippen molar-refractivity contribution < 1.29 is 0 Å². The minimum atomic E-state index is 0.388. The molecule has 1 unspecified atom stereocenters. The molecule has 1 atom stereocenters. The maximum Gasteiger partial charge on any atom is 0.0427 e. The topological polar surface area (TPSA) is 28.2 Å². The molecule has 1 heterocycles. The molecule has 0 amide bonds. The van der Waals surface area contributed by atoms with Gasteiger partial charge in [0.15, 0.2) is 0 Å². The van der Waals surface area contributed by atoms with Crippen LogP contribution in [0.3, 0.4) is 0 Å². The van der Waals surface area contributed by atoms with Crippen LogP contribution in [0.5, 0.6) is 0 Å². The first kappa shape index (κ1) is 13.6. The highest BCUT2D eigenvalue weighted by Crippen LogP contribution is 2.19. The molecule has 0 saturated heterocycles. The Kier molecular flexibility index (Phi) is 4.53. The Hall–Kier alpha value is -1.87. The predicted molar refractivity (Wildman–Crippen MR) is 80.3 cm³/mol. The zero-order valence-corrected chi connectivity index (χ0v) is 11.8. The van der Waals surface area contributed by atoms with Crippen molar-refractivity contribution in [2.24, 2.45) is 0 Å². The summed E-state index contributed by atoms with van der Waals surface area (Å²) in [4.78, 5) is 6.28. The van der Waals surface area contributed by atoms with E-state index in [0.29, 0.717) is 6.04 Å². The molecular formula is C16H21N3. The molecule has 0 aliphatic rings. The average Bonchev–Trinajstić information content (AvgIpc) is 2.47. The van der Waals surface area contributed by atoms with Crippen LogP contribution < -0.4 is 10.2 Å². The minimum Gasteiger partial charge on any atom is -0.370 e. The Balaban J connectivity index is 2.05. The van der Waals surface area contributed by atoms with E-state index in [2.05, 4.69) is 53.4 Å². The first-order valence-electron chi connectivity index (χ1n) is 6.58. The first-order chi connectivity index (χ1) is 9.20. The Labute approximate surface area is 115 Å². The molecule has 0 bridgehead atoms. The third-order valence-corrected chi connectivity index (χ3v) is 3.44. The Morgan fingerprint density at radius 2 is 1.74 bits per heavy atom. The number of pyridine rings is 1. The highest BCUT2D eigenvalue weighted by molar-refractivity contribution is 5.47. The fourth-order valence-corrected chi connectivity index (χ4v) is 2.04. The number of benzene rings is 1. The SMILES string of the molecule is CNC(C)c1ccc(N(C)Cc2ccncc2)cc1. The fraction of sp³-hybridized carbons (Fsp3) is 0.312. The van der Waals surface area contributed by atoms with Crippen molar-refractivity contribution in [1.82, 2.24) is 10.3 Å². The van der Waals surface area contributed by atoms with E-state index in [9.17, 15) is 0 Å². The number of hydrogen-bond acceptors (Lipinski definition) is 3. The summed E-state index contributed by atoms with van der Waals surface area (Å²) in [6.45, 7) is 3.05. The smallest absolute Gasteiger partial charge is 0.0427 e. The maximum absolute atomic E-state index is 4.04. The highest BCUT2D eigenvalue weighted by Gasteiger charge is 2.05. The second kappa shape index (κ2) is 6.34. The summed E-state index contributed by atoms with van der Waals surface area (Å²) in [5.74, 6) is 0. The number of nitrogens with zero attached hydrogens (tertiary/aromatic N) is 2. The number of nitrogens with one attached hydrogen (secondary N) is 1. The molecule has 0 spiro atoms. The van der Waals surface area contributed by atoms with Crippen LogP contribution in [0.4, 0.5) is 5.69 Å². The van der Waals surface area contributed by atoms with Crippen LogP contribution in [0.15, 0.2) is 48.8 Å². The molecule has 19 heavy (non-hydrogen) atoms. The van der Waals surface area contributed by atoms with E-state index in [4.69, 9.17) is 0 Å². The van der Waals surface area contributed by atoms with E-state index in [-0.39, 0.29) is 0 Å². The van der Waals surface area contributed by atoms with Crippen LogP contribution in [-0.2, 0) is 6.54 Å².